The Morgan fingerprint density at radius 1 is 0.923 bits per heavy atom. The third kappa shape index (κ3) is 6.53. The molecule has 0 aromatic carbocycles. The number of rotatable bonds is 4. The number of thiazole rings is 2. The molecule has 5 nitrogen and oxygen atoms in total. The molecule has 0 spiro atoms. The first-order valence-corrected chi connectivity index (χ1v) is 8.33. The van der Waals surface area contributed by atoms with E-state index >= 15 is 0 Å². The van der Waals surface area contributed by atoms with Gasteiger partial charge in [0.25, 0.3) is 0 Å². The van der Waals surface area contributed by atoms with Gasteiger partial charge in [-0.25, -0.2) is 9.97 Å². The van der Waals surface area contributed by atoms with Gasteiger partial charge >= 0.3 is 12.4 Å². The van der Waals surface area contributed by atoms with E-state index in [1.807, 2.05) is 0 Å². The van der Waals surface area contributed by atoms with Crippen LogP contribution in [0.3, 0.4) is 0 Å². The highest BCUT2D eigenvalue weighted by Gasteiger charge is 2.34. The van der Waals surface area contributed by atoms with Gasteiger partial charge in [0.05, 0.1) is 13.1 Å². The lowest BCUT2D eigenvalue weighted by Gasteiger charge is -2.09. The van der Waals surface area contributed by atoms with Crippen LogP contribution >= 0.6 is 46.7 Å². The fraction of sp³-hybridized carbons (Fsp3) is 0.417. The Labute approximate surface area is 169 Å². The van der Waals surface area contributed by atoms with Gasteiger partial charge in [-0.3, -0.25) is 4.99 Å². The zero-order chi connectivity index (χ0) is 18.7. The SMILES string of the molecule is CN=C(NCc1nc(C(F)(F)F)cs1)NCc1nc(C(F)(F)F)cs1.I. The zero-order valence-electron chi connectivity index (χ0n) is 12.9. The van der Waals surface area contributed by atoms with E-state index in [0.29, 0.717) is 0 Å². The van der Waals surface area contributed by atoms with Crippen molar-refractivity contribution < 1.29 is 26.3 Å². The van der Waals surface area contributed by atoms with Crippen LogP contribution in [-0.2, 0) is 25.4 Å². The third-order valence-electron chi connectivity index (χ3n) is 2.72. The Morgan fingerprint density at radius 3 is 1.58 bits per heavy atom. The summed E-state index contributed by atoms with van der Waals surface area (Å²) in [6, 6.07) is 0. The largest absolute Gasteiger partial charge is 0.434 e. The summed E-state index contributed by atoms with van der Waals surface area (Å²) in [5.41, 5.74) is -1.94. The highest BCUT2D eigenvalue weighted by molar-refractivity contribution is 14.0. The summed E-state index contributed by atoms with van der Waals surface area (Å²) < 4.78 is 74.8. The van der Waals surface area contributed by atoms with Crippen LogP contribution in [0.1, 0.15) is 21.4 Å². The molecule has 14 heteroatoms. The molecule has 0 bridgehead atoms. The van der Waals surface area contributed by atoms with E-state index in [1.165, 1.54) is 7.05 Å². The number of hydrogen-bond donors (Lipinski definition) is 2. The second kappa shape index (κ2) is 9.16. The van der Waals surface area contributed by atoms with Crippen LogP contribution < -0.4 is 10.6 Å². The monoisotopic (exact) mass is 531 g/mol. The minimum absolute atomic E-state index is 0. The van der Waals surface area contributed by atoms with Crippen molar-refractivity contribution in [2.45, 2.75) is 25.4 Å². The first-order chi connectivity index (χ1) is 11.6. The van der Waals surface area contributed by atoms with Gasteiger partial charge in [-0.2, -0.15) is 26.3 Å². The molecule has 2 N–H and O–H groups in total. The van der Waals surface area contributed by atoms with Gasteiger partial charge in [0.2, 0.25) is 0 Å². The molecular weight excluding hydrogens is 519 g/mol. The molecular formula is C12H12F6IN5S2. The van der Waals surface area contributed by atoms with E-state index < -0.39 is 23.7 Å². The van der Waals surface area contributed by atoms with Gasteiger partial charge in [0.1, 0.15) is 10.0 Å². The Kier molecular flexibility index (Phi) is 8.06. The molecule has 0 aliphatic carbocycles. The van der Waals surface area contributed by atoms with E-state index in [4.69, 9.17) is 0 Å². The second-order valence-electron chi connectivity index (χ2n) is 4.53. The Hall–Kier alpha value is -1.16. The van der Waals surface area contributed by atoms with Crippen LogP contribution in [0.4, 0.5) is 26.3 Å². The summed E-state index contributed by atoms with van der Waals surface area (Å²) in [4.78, 5) is 10.7. The van der Waals surface area contributed by atoms with Crippen LogP contribution in [0.15, 0.2) is 15.8 Å². The van der Waals surface area contributed by atoms with Crippen molar-refractivity contribution in [1.82, 2.24) is 20.6 Å². The number of alkyl halides is 6. The summed E-state index contributed by atoms with van der Waals surface area (Å²) in [6.45, 7) is -0.0157. The number of nitrogens with one attached hydrogen (secondary N) is 2. The van der Waals surface area contributed by atoms with Crippen LogP contribution in [0, 0.1) is 0 Å². The topological polar surface area (TPSA) is 62.2 Å². The van der Waals surface area contributed by atoms with Crippen LogP contribution in [0.2, 0.25) is 0 Å². The average molecular weight is 531 g/mol. The van der Waals surface area contributed by atoms with Crippen molar-refractivity contribution in [3.05, 3.63) is 32.2 Å². The molecule has 0 aliphatic rings. The van der Waals surface area contributed by atoms with Gasteiger partial charge in [-0.1, -0.05) is 0 Å². The van der Waals surface area contributed by atoms with Crippen molar-refractivity contribution in [1.29, 1.82) is 0 Å². The van der Waals surface area contributed by atoms with Crippen LogP contribution in [-0.4, -0.2) is 23.0 Å². The van der Waals surface area contributed by atoms with Gasteiger partial charge in [-0.15, -0.1) is 46.7 Å². The molecule has 2 heterocycles. The quantitative estimate of drug-likeness (QED) is 0.270. The van der Waals surface area contributed by atoms with Gasteiger partial charge in [-0.05, 0) is 0 Å². The normalized spacial score (nSPS) is 11.7. The third-order valence-corrected chi connectivity index (χ3v) is 4.42. The molecule has 0 amide bonds. The first-order valence-electron chi connectivity index (χ1n) is 6.57. The minimum atomic E-state index is -4.50. The predicted octanol–water partition coefficient (Wildman–Crippen LogP) is 4.12. The Balaban J connectivity index is 0.00000338. The number of hydrogen-bond acceptors (Lipinski definition) is 5. The van der Waals surface area contributed by atoms with E-state index in [-0.39, 0.29) is 53.0 Å². The summed E-state index contributed by atoms with van der Waals surface area (Å²) in [6.07, 6.45) is -9.01. The lowest BCUT2D eigenvalue weighted by atomic mass is 10.5. The summed E-state index contributed by atoms with van der Waals surface area (Å²) >= 11 is 1.68. The maximum atomic E-state index is 12.5. The second-order valence-corrected chi connectivity index (χ2v) is 6.41. The summed E-state index contributed by atoms with van der Waals surface area (Å²) in [7, 11) is 1.42. The fourth-order valence-electron chi connectivity index (χ4n) is 1.58. The molecule has 0 aliphatic heterocycles. The number of aromatic nitrogens is 2. The molecule has 0 saturated carbocycles. The number of halogens is 7. The van der Waals surface area contributed by atoms with Crippen LogP contribution in [0.5, 0.6) is 0 Å². The molecule has 2 aromatic heterocycles. The van der Waals surface area contributed by atoms with Crippen LogP contribution in [0.25, 0.3) is 0 Å². The summed E-state index contributed by atoms with van der Waals surface area (Å²) in [5.74, 6) is 0.201. The molecule has 0 saturated heterocycles. The van der Waals surface area contributed by atoms with Crippen molar-refractivity contribution in [2.24, 2.45) is 4.99 Å². The van der Waals surface area contributed by atoms with Crippen molar-refractivity contribution in [3.8, 4) is 0 Å². The van der Waals surface area contributed by atoms with Gasteiger partial charge in [0.15, 0.2) is 17.3 Å². The standard InChI is InChI=1S/C12H11F6N5S2.HI/c1-19-10(20-2-8-22-6(4-24-8)11(13,14)15)21-3-9-23-7(5-25-9)12(16,17)18;/h4-5H,2-3H2,1H3,(H2,19,20,21);1H. The smallest absolute Gasteiger partial charge is 0.350 e. The number of guanidine groups is 1. The van der Waals surface area contributed by atoms with E-state index in [2.05, 4.69) is 25.6 Å². The number of aliphatic imine (C=N–C) groups is 1. The Bertz CT molecular complexity index is 681. The lowest BCUT2D eigenvalue weighted by Crippen LogP contribution is -2.36. The Morgan fingerprint density at radius 2 is 1.31 bits per heavy atom. The molecule has 2 aromatic rings. The molecule has 0 radical (unpaired) electrons. The van der Waals surface area contributed by atoms with Gasteiger partial charge < -0.3 is 10.6 Å². The number of nitrogens with zero attached hydrogens (tertiary/aromatic N) is 3. The maximum absolute atomic E-state index is 12.5. The van der Waals surface area contributed by atoms with Gasteiger partial charge in [0, 0.05) is 17.8 Å². The highest BCUT2D eigenvalue weighted by atomic mass is 127. The molecule has 0 unspecified atom stereocenters. The van der Waals surface area contributed by atoms with Crippen molar-refractivity contribution in [3.63, 3.8) is 0 Å². The first kappa shape index (κ1) is 22.9. The van der Waals surface area contributed by atoms with Crippen molar-refractivity contribution >= 4 is 52.6 Å². The van der Waals surface area contributed by atoms with E-state index in [9.17, 15) is 26.3 Å². The van der Waals surface area contributed by atoms with Crippen molar-refractivity contribution in [2.75, 3.05) is 7.05 Å². The molecule has 146 valence electrons. The average Bonchev–Trinajstić information content (AvgIpc) is 3.15. The lowest BCUT2D eigenvalue weighted by molar-refractivity contribution is -0.141. The van der Waals surface area contributed by atoms with E-state index in [0.717, 1.165) is 33.4 Å². The van der Waals surface area contributed by atoms with E-state index in [1.54, 1.807) is 0 Å². The molecule has 0 fully saturated rings. The fourth-order valence-corrected chi connectivity index (χ4v) is 3.06. The zero-order valence-corrected chi connectivity index (χ0v) is 16.9. The maximum Gasteiger partial charge on any atom is 0.434 e. The molecule has 0 atom stereocenters. The minimum Gasteiger partial charge on any atom is -0.350 e. The molecule has 26 heavy (non-hydrogen) atoms. The summed E-state index contributed by atoms with van der Waals surface area (Å²) in [5, 5.41) is 7.67. The highest BCUT2D eigenvalue weighted by Crippen LogP contribution is 2.30. The predicted molar refractivity (Wildman–Crippen MR) is 96.7 cm³/mol. The molecule has 2 rings (SSSR count).